The Kier molecular flexibility index (Phi) is 5.00. The third kappa shape index (κ3) is 3.64. The summed E-state index contributed by atoms with van der Waals surface area (Å²) in [5.41, 5.74) is 1.08. The third-order valence-electron chi connectivity index (χ3n) is 5.68. The number of carbonyl (C=O) groups is 2. The van der Waals surface area contributed by atoms with E-state index in [2.05, 4.69) is 0 Å². The van der Waals surface area contributed by atoms with Crippen molar-refractivity contribution in [2.45, 2.75) is 38.5 Å². The highest BCUT2D eigenvalue weighted by atomic mass is 16.7. The van der Waals surface area contributed by atoms with Crippen molar-refractivity contribution in [3.63, 3.8) is 0 Å². The molecule has 2 fully saturated rings. The Morgan fingerprint density at radius 2 is 1.69 bits per heavy atom. The molecule has 0 radical (unpaired) electrons. The van der Waals surface area contributed by atoms with Crippen LogP contribution in [0.5, 0.6) is 11.5 Å². The molecule has 1 aromatic carbocycles. The van der Waals surface area contributed by atoms with Crippen LogP contribution in [0.3, 0.4) is 0 Å². The van der Waals surface area contributed by atoms with Gasteiger partial charge in [-0.25, -0.2) is 0 Å². The van der Waals surface area contributed by atoms with Crippen molar-refractivity contribution in [3.05, 3.63) is 23.8 Å². The number of likely N-dealkylation sites (tertiary alicyclic amines) is 2. The molecule has 140 valence electrons. The molecule has 1 aromatic rings. The molecule has 2 saturated heterocycles. The third-order valence-corrected chi connectivity index (χ3v) is 5.68. The Morgan fingerprint density at radius 3 is 2.46 bits per heavy atom. The predicted octanol–water partition coefficient (Wildman–Crippen LogP) is 2.21. The van der Waals surface area contributed by atoms with Crippen molar-refractivity contribution >= 4 is 11.8 Å². The summed E-state index contributed by atoms with van der Waals surface area (Å²) in [4.78, 5) is 28.9. The van der Waals surface area contributed by atoms with E-state index in [1.54, 1.807) is 0 Å². The van der Waals surface area contributed by atoms with Crippen LogP contribution >= 0.6 is 0 Å². The van der Waals surface area contributed by atoms with Gasteiger partial charge in [0.25, 0.3) is 0 Å². The number of nitrogens with zero attached hydrogens (tertiary/aromatic N) is 2. The van der Waals surface area contributed by atoms with Crippen LogP contribution in [-0.2, 0) is 16.0 Å². The molecule has 3 aliphatic heterocycles. The van der Waals surface area contributed by atoms with Gasteiger partial charge in [0.15, 0.2) is 11.5 Å². The van der Waals surface area contributed by atoms with E-state index in [9.17, 15) is 9.59 Å². The van der Waals surface area contributed by atoms with Crippen molar-refractivity contribution in [3.8, 4) is 11.5 Å². The number of amides is 2. The van der Waals surface area contributed by atoms with Crippen LogP contribution in [0.25, 0.3) is 0 Å². The molecule has 3 heterocycles. The van der Waals surface area contributed by atoms with E-state index < -0.39 is 0 Å². The molecule has 6 nitrogen and oxygen atoms in total. The zero-order chi connectivity index (χ0) is 17.9. The molecular formula is C20H26N2O4. The number of benzene rings is 1. The van der Waals surface area contributed by atoms with Gasteiger partial charge in [-0.05, 0) is 49.8 Å². The van der Waals surface area contributed by atoms with Gasteiger partial charge in [0.2, 0.25) is 18.6 Å². The van der Waals surface area contributed by atoms with Gasteiger partial charge < -0.3 is 19.3 Å². The average Bonchev–Trinajstić information content (AvgIpc) is 3.37. The normalized spacial score (nSPS) is 19.8. The average molecular weight is 358 g/mol. The Morgan fingerprint density at radius 1 is 0.962 bits per heavy atom. The molecule has 26 heavy (non-hydrogen) atoms. The second kappa shape index (κ2) is 7.56. The minimum absolute atomic E-state index is 0.103. The molecule has 0 N–H and O–H groups in total. The maximum atomic E-state index is 12.5. The van der Waals surface area contributed by atoms with Gasteiger partial charge >= 0.3 is 0 Å². The lowest BCUT2D eigenvalue weighted by atomic mass is 9.95. The van der Waals surface area contributed by atoms with Crippen molar-refractivity contribution in [2.75, 3.05) is 33.0 Å². The summed E-state index contributed by atoms with van der Waals surface area (Å²) >= 11 is 0. The number of piperidine rings is 1. The molecule has 0 aromatic heterocycles. The topological polar surface area (TPSA) is 59.1 Å². The standard InChI is InChI=1S/C20H26N2O4/c23-19(6-4-15-3-5-17-18(13-15)26-14-25-17)21-11-7-16(8-12-21)20(24)22-9-1-2-10-22/h3,5,13,16H,1-2,4,6-12,14H2. The van der Waals surface area contributed by atoms with Crippen LogP contribution in [0.4, 0.5) is 0 Å². The highest BCUT2D eigenvalue weighted by Gasteiger charge is 2.31. The molecule has 2 amide bonds. The molecule has 0 spiro atoms. The molecule has 6 heteroatoms. The zero-order valence-electron chi connectivity index (χ0n) is 15.1. The lowest BCUT2D eigenvalue weighted by molar-refractivity contribution is -0.140. The van der Waals surface area contributed by atoms with Gasteiger partial charge in [0.05, 0.1) is 0 Å². The van der Waals surface area contributed by atoms with Crippen LogP contribution in [0.15, 0.2) is 18.2 Å². The number of rotatable bonds is 4. The van der Waals surface area contributed by atoms with E-state index in [1.807, 2.05) is 28.0 Å². The first-order valence-electron chi connectivity index (χ1n) is 9.66. The Bertz CT molecular complexity index is 676. The summed E-state index contributed by atoms with van der Waals surface area (Å²) < 4.78 is 10.7. The minimum Gasteiger partial charge on any atom is -0.454 e. The fraction of sp³-hybridized carbons (Fsp3) is 0.600. The number of ether oxygens (including phenoxy) is 2. The van der Waals surface area contributed by atoms with Crippen LogP contribution in [0.1, 0.15) is 37.7 Å². The first-order valence-corrected chi connectivity index (χ1v) is 9.66. The van der Waals surface area contributed by atoms with Crippen molar-refractivity contribution in [1.82, 2.24) is 9.80 Å². The van der Waals surface area contributed by atoms with Crippen LogP contribution in [0.2, 0.25) is 0 Å². The first-order chi connectivity index (χ1) is 12.7. The second-order valence-electron chi connectivity index (χ2n) is 7.38. The number of aryl methyl sites for hydroxylation is 1. The minimum atomic E-state index is 0.103. The second-order valence-corrected chi connectivity index (χ2v) is 7.38. The molecule has 4 rings (SSSR count). The summed E-state index contributed by atoms with van der Waals surface area (Å²) in [6.07, 6.45) is 5.04. The van der Waals surface area contributed by atoms with Crippen molar-refractivity contribution < 1.29 is 19.1 Å². The Labute approximate surface area is 154 Å². The van der Waals surface area contributed by atoms with Gasteiger partial charge in [-0.3, -0.25) is 9.59 Å². The lowest BCUT2D eigenvalue weighted by Gasteiger charge is -2.33. The van der Waals surface area contributed by atoms with E-state index in [4.69, 9.17) is 9.47 Å². The molecule has 3 aliphatic rings. The number of hydrogen-bond acceptors (Lipinski definition) is 4. The smallest absolute Gasteiger partial charge is 0.231 e. The SMILES string of the molecule is O=C(CCc1ccc2c(c1)OCO2)N1CCC(C(=O)N2CCCC2)CC1. The van der Waals surface area contributed by atoms with Crippen LogP contribution < -0.4 is 9.47 Å². The van der Waals surface area contributed by atoms with E-state index in [-0.39, 0.29) is 18.6 Å². The van der Waals surface area contributed by atoms with Gasteiger partial charge in [0.1, 0.15) is 0 Å². The zero-order valence-corrected chi connectivity index (χ0v) is 15.1. The molecule has 0 unspecified atom stereocenters. The molecular weight excluding hydrogens is 332 g/mol. The van der Waals surface area contributed by atoms with E-state index >= 15 is 0 Å². The molecule has 0 atom stereocenters. The van der Waals surface area contributed by atoms with Crippen LogP contribution in [-0.4, -0.2) is 54.6 Å². The quantitative estimate of drug-likeness (QED) is 0.828. The summed E-state index contributed by atoms with van der Waals surface area (Å²) in [7, 11) is 0. The monoisotopic (exact) mass is 358 g/mol. The van der Waals surface area contributed by atoms with E-state index in [0.717, 1.165) is 55.8 Å². The van der Waals surface area contributed by atoms with E-state index in [0.29, 0.717) is 31.8 Å². The van der Waals surface area contributed by atoms with Gasteiger partial charge in [-0.15, -0.1) is 0 Å². The lowest BCUT2D eigenvalue weighted by Crippen LogP contribution is -2.43. The largest absolute Gasteiger partial charge is 0.454 e. The first kappa shape index (κ1) is 17.2. The Hall–Kier alpha value is -2.24. The number of carbonyl (C=O) groups excluding carboxylic acids is 2. The van der Waals surface area contributed by atoms with E-state index in [1.165, 1.54) is 0 Å². The number of hydrogen-bond donors (Lipinski definition) is 0. The van der Waals surface area contributed by atoms with Gasteiger partial charge in [-0.2, -0.15) is 0 Å². The van der Waals surface area contributed by atoms with Crippen molar-refractivity contribution in [2.24, 2.45) is 5.92 Å². The summed E-state index contributed by atoms with van der Waals surface area (Å²) in [5.74, 6) is 2.11. The molecule has 0 saturated carbocycles. The predicted molar refractivity (Wildman–Crippen MR) is 96.0 cm³/mol. The summed E-state index contributed by atoms with van der Waals surface area (Å²) in [6.45, 7) is 3.48. The van der Waals surface area contributed by atoms with Gasteiger partial charge in [0, 0.05) is 38.5 Å². The highest BCUT2D eigenvalue weighted by Crippen LogP contribution is 2.33. The highest BCUT2D eigenvalue weighted by molar-refractivity contribution is 5.80. The maximum Gasteiger partial charge on any atom is 0.231 e. The van der Waals surface area contributed by atoms with Crippen molar-refractivity contribution in [1.29, 1.82) is 0 Å². The summed E-state index contributed by atoms with van der Waals surface area (Å²) in [6, 6.07) is 5.84. The fourth-order valence-electron chi connectivity index (χ4n) is 4.08. The van der Waals surface area contributed by atoms with Gasteiger partial charge in [-0.1, -0.05) is 6.07 Å². The Balaban J connectivity index is 1.24. The molecule has 0 bridgehead atoms. The van der Waals surface area contributed by atoms with Crippen LogP contribution in [0, 0.1) is 5.92 Å². The number of fused-ring (bicyclic) bond motifs is 1. The maximum absolute atomic E-state index is 12.5. The summed E-state index contributed by atoms with van der Waals surface area (Å²) in [5, 5.41) is 0. The molecule has 0 aliphatic carbocycles. The fourth-order valence-corrected chi connectivity index (χ4v) is 4.08.